The molecule has 7 heteroatoms. The van der Waals surface area contributed by atoms with Gasteiger partial charge in [-0.25, -0.2) is 9.79 Å². The molecule has 4 N–H and O–H groups in total. The zero-order valence-electron chi connectivity index (χ0n) is 7.39. The van der Waals surface area contributed by atoms with Crippen LogP contribution in [0.2, 0.25) is 0 Å². The Balaban J connectivity index is 0.00000169. The Morgan fingerprint density at radius 2 is 2.21 bits per heavy atom. The van der Waals surface area contributed by atoms with Gasteiger partial charge < -0.3 is 16.2 Å². The number of thiophene rings is 1. The zero-order valence-corrected chi connectivity index (χ0v) is 9.02. The van der Waals surface area contributed by atoms with Crippen LogP contribution in [0.1, 0.15) is 10.4 Å². The molecule has 1 rings (SSSR count). The van der Waals surface area contributed by atoms with Gasteiger partial charge in [-0.15, -0.1) is 23.7 Å². The number of esters is 1. The van der Waals surface area contributed by atoms with Gasteiger partial charge in [-0.05, 0) is 11.4 Å². The molecule has 0 aliphatic carbocycles. The predicted octanol–water partition coefficient (Wildman–Crippen LogP) is 0.861. The molecule has 0 saturated carbocycles. The molecular weight excluding hydrogens is 226 g/mol. The Hall–Kier alpha value is -1.27. The third-order valence-electron chi connectivity index (χ3n) is 1.28. The maximum atomic E-state index is 11.1. The first kappa shape index (κ1) is 12.7. The normalized spacial score (nSPS) is 8.64. The molecule has 0 radical (unpaired) electrons. The standard InChI is InChI=1S/C7H9N3O2S.ClH/c1-12-6(11)4-2-3-13-5(4)10-7(8)9;/h2-3H,1H3,(H4,8,9,10);1H. The summed E-state index contributed by atoms with van der Waals surface area (Å²) >= 11 is 1.27. The Morgan fingerprint density at radius 1 is 1.57 bits per heavy atom. The lowest BCUT2D eigenvalue weighted by Crippen LogP contribution is -2.22. The van der Waals surface area contributed by atoms with E-state index in [-0.39, 0.29) is 18.4 Å². The fourth-order valence-corrected chi connectivity index (χ4v) is 1.54. The highest BCUT2D eigenvalue weighted by Gasteiger charge is 2.12. The summed E-state index contributed by atoms with van der Waals surface area (Å²) < 4.78 is 4.53. The molecule has 0 saturated heterocycles. The number of ether oxygens (including phenoxy) is 1. The minimum Gasteiger partial charge on any atom is -0.465 e. The molecule has 5 nitrogen and oxygen atoms in total. The largest absolute Gasteiger partial charge is 0.465 e. The third kappa shape index (κ3) is 2.90. The van der Waals surface area contributed by atoms with Crippen LogP contribution in [0.5, 0.6) is 0 Å². The number of carbonyl (C=O) groups excluding carboxylic acids is 1. The molecule has 0 aromatic carbocycles. The zero-order chi connectivity index (χ0) is 9.84. The van der Waals surface area contributed by atoms with Crippen molar-refractivity contribution in [3.05, 3.63) is 17.0 Å². The smallest absolute Gasteiger partial charge is 0.340 e. The van der Waals surface area contributed by atoms with Gasteiger partial charge in [0.05, 0.1) is 12.7 Å². The van der Waals surface area contributed by atoms with E-state index in [2.05, 4.69) is 9.73 Å². The van der Waals surface area contributed by atoms with Crippen LogP contribution in [-0.2, 0) is 4.74 Å². The number of guanidine groups is 1. The second-order valence-corrected chi connectivity index (χ2v) is 3.06. The Labute approximate surface area is 91.2 Å². The van der Waals surface area contributed by atoms with Crippen molar-refractivity contribution in [3.63, 3.8) is 0 Å². The van der Waals surface area contributed by atoms with Crippen molar-refractivity contribution in [3.8, 4) is 0 Å². The summed E-state index contributed by atoms with van der Waals surface area (Å²) in [6.07, 6.45) is 0. The lowest BCUT2D eigenvalue weighted by Gasteiger charge is -1.96. The average Bonchev–Trinajstić information content (AvgIpc) is 2.50. The van der Waals surface area contributed by atoms with E-state index in [1.807, 2.05) is 0 Å². The number of carbonyl (C=O) groups is 1. The first-order valence-corrected chi connectivity index (χ1v) is 4.28. The second kappa shape index (κ2) is 5.46. The monoisotopic (exact) mass is 235 g/mol. The van der Waals surface area contributed by atoms with E-state index in [0.29, 0.717) is 10.6 Å². The minimum atomic E-state index is -0.443. The number of rotatable bonds is 2. The highest BCUT2D eigenvalue weighted by molar-refractivity contribution is 7.14. The molecule has 0 unspecified atom stereocenters. The highest BCUT2D eigenvalue weighted by Crippen LogP contribution is 2.26. The van der Waals surface area contributed by atoms with Gasteiger partial charge in [-0.2, -0.15) is 0 Å². The van der Waals surface area contributed by atoms with Crippen molar-refractivity contribution in [1.29, 1.82) is 0 Å². The molecule has 0 bridgehead atoms. The molecule has 0 aliphatic rings. The first-order chi connectivity index (χ1) is 6.15. The van der Waals surface area contributed by atoms with E-state index < -0.39 is 5.97 Å². The van der Waals surface area contributed by atoms with Gasteiger partial charge in [0.15, 0.2) is 5.96 Å². The fraction of sp³-hybridized carbons (Fsp3) is 0.143. The summed E-state index contributed by atoms with van der Waals surface area (Å²) in [7, 11) is 1.30. The van der Waals surface area contributed by atoms with Crippen molar-refractivity contribution >= 4 is 40.7 Å². The van der Waals surface area contributed by atoms with Gasteiger partial charge in [0.1, 0.15) is 5.00 Å². The number of methoxy groups -OCH3 is 1. The van der Waals surface area contributed by atoms with Gasteiger partial charge in [0, 0.05) is 0 Å². The number of hydrogen-bond acceptors (Lipinski definition) is 4. The van der Waals surface area contributed by atoms with Crippen LogP contribution in [0.4, 0.5) is 5.00 Å². The molecule has 1 aromatic heterocycles. The molecule has 0 amide bonds. The number of aliphatic imine (C=N–C) groups is 1. The molecule has 1 aromatic rings. The summed E-state index contributed by atoms with van der Waals surface area (Å²) in [4.78, 5) is 14.9. The summed E-state index contributed by atoms with van der Waals surface area (Å²) in [5, 5.41) is 2.18. The molecule has 0 spiro atoms. The Bertz CT molecular complexity index is 346. The third-order valence-corrected chi connectivity index (χ3v) is 2.09. The van der Waals surface area contributed by atoms with Crippen LogP contribution in [0.15, 0.2) is 16.4 Å². The van der Waals surface area contributed by atoms with Crippen LogP contribution in [0.3, 0.4) is 0 Å². The van der Waals surface area contributed by atoms with Crippen molar-refractivity contribution in [2.75, 3.05) is 7.11 Å². The Kier molecular flexibility index (Phi) is 4.96. The number of nitrogens with zero attached hydrogens (tertiary/aromatic N) is 1. The minimum absolute atomic E-state index is 0. The van der Waals surface area contributed by atoms with Crippen LogP contribution < -0.4 is 11.5 Å². The Morgan fingerprint density at radius 3 is 2.71 bits per heavy atom. The van der Waals surface area contributed by atoms with Crippen molar-refractivity contribution in [2.45, 2.75) is 0 Å². The van der Waals surface area contributed by atoms with E-state index in [1.54, 1.807) is 11.4 Å². The lowest BCUT2D eigenvalue weighted by atomic mass is 10.3. The van der Waals surface area contributed by atoms with E-state index >= 15 is 0 Å². The molecule has 0 fully saturated rings. The molecule has 0 aliphatic heterocycles. The molecule has 1 heterocycles. The van der Waals surface area contributed by atoms with E-state index in [4.69, 9.17) is 11.5 Å². The predicted molar refractivity (Wildman–Crippen MR) is 58.4 cm³/mol. The van der Waals surface area contributed by atoms with Gasteiger partial charge >= 0.3 is 5.97 Å². The average molecular weight is 236 g/mol. The summed E-state index contributed by atoms with van der Waals surface area (Å²) in [5.41, 5.74) is 10.7. The number of nitrogens with two attached hydrogens (primary N) is 2. The van der Waals surface area contributed by atoms with E-state index in [9.17, 15) is 4.79 Å². The number of halogens is 1. The maximum absolute atomic E-state index is 11.1. The van der Waals surface area contributed by atoms with Gasteiger partial charge in [-0.1, -0.05) is 0 Å². The number of hydrogen-bond donors (Lipinski definition) is 2. The topological polar surface area (TPSA) is 90.7 Å². The SMILES string of the molecule is COC(=O)c1ccsc1N=C(N)N.Cl. The van der Waals surface area contributed by atoms with Gasteiger partial charge in [0.2, 0.25) is 0 Å². The van der Waals surface area contributed by atoms with Crippen LogP contribution in [0, 0.1) is 0 Å². The van der Waals surface area contributed by atoms with Crippen LogP contribution in [0.25, 0.3) is 0 Å². The summed E-state index contributed by atoms with van der Waals surface area (Å²) in [6.45, 7) is 0. The molecule has 78 valence electrons. The quantitative estimate of drug-likeness (QED) is 0.452. The van der Waals surface area contributed by atoms with Crippen molar-refractivity contribution < 1.29 is 9.53 Å². The van der Waals surface area contributed by atoms with Crippen LogP contribution in [-0.4, -0.2) is 19.0 Å². The fourth-order valence-electron chi connectivity index (χ4n) is 0.770. The van der Waals surface area contributed by atoms with Crippen molar-refractivity contribution in [1.82, 2.24) is 0 Å². The first-order valence-electron chi connectivity index (χ1n) is 3.40. The van der Waals surface area contributed by atoms with E-state index in [0.717, 1.165) is 0 Å². The molecule has 0 atom stereocenters. The van der Waals surface area contributed by atoms with Gasteiger partial charge in [0.25, 0.3) is 0 Å². The van der Waals surface area contributed by atoms with Gasteiger partial charge in [-0.3, -0.25) is 0 Å². The molecule has 14 heavy (non-hydrogen) atoms. The lowest BCUT2D eigenvalue weighted by molar-refractivity contribution is 0.0602. The summed E-state index contributed by atoms with van der Waals surface area (Å²) in [6, 6.07) is 1.61. The summed E-state index contributed by atoms with van der Waals surface area (Å²) in [5.74, 6) is -0.520. The second-order valence-electron chi connectivity index (χ2n) is 2.17. The van der Waals surface area contributed by atoms with Crippen LogP contribution >= 0.6 is 23.7 Å². The highest BCUT2D eigenvalue weighted by atomic mass is 35.5. The molecular formula is C7H10ClN3O2S. The van der Waals surface area contributed by atoms with E-state index in [1.165, 1.54) is 18.4 Å². The van der Waals surface area contributed by atoms with Crippen molar-refractivity contribution in [2.24, 2.45) is 16.5 Å². The maximum Gasteiger partial charge on any atom is 0.340 e.